The lowest BCUT2D eigenvalue weighted by molar-refractivity contribution is 1.07. The molecule has 5 heteroatoms. The fraction of sp³-hybridized carbons (Fsp3) is 0.0377. The number of hydrogen-bond donors (Lipinski definition) is 0. The molecule has 0 spiro atoms. The van der Waals surface area contributed by atoms with Gasteiger partial charge in [-0.1, -0.05) is 195 Å². The molecule has 0 bridgehead atoms. The van der Waals surface area contributed by atoms with E-state index in [4.69, 9.17) is 15.0 Å². The molecular weight excluding hydrogens is 721 g/mol. The molecule has 276 valence electrons. The molecule has 0 N–H and O–H groups in total. The Bertz CT molecular complexity index is 2750. The predicted octanol–water partition coefficient (Wildman–Crippen LogP) is 12.5. The smallest absolute Gasteiger partial charge is 0.166 e. The number of benzene rings is 8. The second-order valence-corrected chi connectivity index (χ2v) is 19.6. The van der Waals surface area contributed by atoms with Crippen molar-refractivity contribution in [3.8, 4) is 67.5 Å². The van der Waals surface area contributed by atoms with E-state index >= 15 is 0 Å². The number of fused-ring (bicyclic) bond motifs is 2. The van der Waals surface area contributed by atoms with E-state index in [2.05, 4.69) is 188 Å². The third-order valence-corrected chi connectivity index (χ3v) is 14.9. The zero-order valence-corrected chi connectivity index (χ0v) is 33.4. The summed E-state index contributed by atoms with van der Waals surface area (Å²) < 4.78 is 0. The second kappa shape index (κ2) is 14.7. The van der Waals surface area contributed by atoms with Gasteiger partial charge >= 0.3 is 0 Å². The van der Waals surface area contributed by atoms with Crippen LogP contribution in [0.4, 0.5) is 17.1 Å². The van der Waals surface area contributed by atoms with Gasteiger partial charge in [-0.05, 0) is 68.0 Å². The summed E-state index contributed by atoms with van der Waals surface area (Å²) in [5, 5.41) is 2.80. The molecule has 0 aliphatic carbocycles. The molecule has 1 aromatic heterocycles. The fourth-order valence-electron chi connectivity index (χ4n) is 8.50. The Morgan fingerprint density at radius 2 is 0.741 bits per heavy atom. The van der Waals surface area contributed by atoms with Crippen LogP contribution in [0.5, 0.6) is 0 Å². The zero-order chi connectivity index (χ0) is 39.1. The predicted molar refractivity (Wildman–Crippen MR) is 244 cm³/mol. The van der Waals surface area contributed by atoms with Crippen LogP contribution in [0.2, 0.25) is 13.1 Å². The van der Waals surface area contributed by atoms with Crippen molar-refractivity contribution in [2.45, 2.75) is 13.1 Å². The lowest BCUT2D eigenvalue weighted by Gasteiger charge is -2.41. The normalized spacial score (nSPS) is 12.8. The van der Waals surface area contributed by atoms with E-state index in [0.717, 1.165) is 55.8 Å². The maximum Gasteiger partial charge on any atom is 0.166 e. The highest BCUT2D eigenvalue weighted by molar-refractivity contribution is 7.02. The molecule has 0 fully saturated rings. The Balaban J connectivity index is 1.30. The Hall–Kier alpha value is -7.21. The van der Waals surface area contributed by atoms with Gasteiger partial charge in [-0.15, -0.1) is 0 Å². The molecule has 0 amide bonds. The Morgan fingerprint density at radius 3 is 1.22 bits per heavy atom. The van der Waals surface area contributed by atoms with Crippen molar-refractivity contribution in [2.24, 2.45) is 0 Å². The van der Waals surface area contributed by atoms with E-state index in [1.54, 1.807) is 0 Å². The van der Waals surface area contributed by atoms with Gasteiger partial charge in [0.2, 0.25) is 0 Å². The van der Waals surface area contributed by atoms with Crippen molar-refractivity contribution in [3.63, 3.8) is 0 Å². The van der Waals surface area contributed by atoms with Crippen LogP contribution in [0.15, 0.2) is 206 Å². The molecule has 58 heavy (non-hydrogen) atoms. The summed E-state index contributed by atoms with van der Waals surface area (Å²) >= 11 is 0. The first kappa shape index (κ1) is 35.2. The summed E-state index contributed by atoms with van der Waals surface area (Å²) in [6.45, 7) is 4.92. The van der Waals surface area contributed by atoms with Crippen molar-refractivity contribution >= 4 is 35.5 Å². The first-order chi connectivity index (χ1) is 28.5. The number of para-hydroxylation sites is 2. The Kier molecular flexibility index (Phi) is 8.93. The number of anilines is 3. The highest BCUT2D eigenvalue weighted by Gasteiger charge is 2.39. The molecule has 0 atom stereocenters. The van der Waals surface area contributed by atoms with Gasteiger partial charge in [-0.3, -0.25) is 0 Å². The topological polar surface area (TPSA) is 41.9 Å². The van der Waals surface area contributed by atoms with E-state index in [-0.39, 0.29) is 0 Å². The zero-order valence-electron chi connectivity index (χ0n) is 32.4. The quantitative estimate of drug-likeness (QED) is 0.152. The summed E-state index contributed by atoms with van der Waals surface area (Å²) in [6.07, 6.45) is 0. The second-order valence-electron chi connectivity index (χ2n) is 15.2. The SMILES string of the molecule is C[Si]1(C)c2ccccc2N(c2ccc(-c3c(-c4ccccc4)cccc3-c3ccccc3)cc2-c2nc(-c3ccccc3)nc(-c3ccccc3)n2)c2ccccc21. The lowest BCUT2D eigenvalue weighted by atomic mass is 9.86. The van der Waals surface area contributed by atoms with E-state index in [1.165, 1.54) is 21.7 Å². The maximum absolute atomic E-state index is 5.35. The van der Waals surface area contributed by atoms with Gasteiger partial charge < -0.3 is 4.90 Å². The number of aromatic nitrogens is 3. The summed E-state index contributed by atoms with van der Waals surface area (Å²) in [7, 11) is -2.05. The van der Waals surface area contributed by atoms with Gasteiger partial charge in [0, 0.05) is 28.1 Å². The number of hydrogen-bond acceptors (Lipinski definition) is 4. The van der Waals surface area contributed by atoms with Gasteiger partial charge in [0.15, 0.2) is 17.5 Å². The van der Waals surface area contributed by atoms with Crippen LogP contribution in [0.1, 0.15) is 0 Å². The third-order valence-electron chi connectivity index (χ3n) is 11.3. The van der Waals surface area contributed by atoms with Crippen molar-refractivity contribution in [1.29, 1.82) is 0 Å². The average molecular weight is 761 g/mol. The van der Waals surface area contributed by atoms with E-state index in [9.17, 15) is 0 Å². The molecule has 1 aliphatic rings. The third kappa shape index (κ3) is 6.22. The minimum atomic E-state index is -2.05. The van der Waals surface area contributed by atoms with E-state index in [1.807, 2.05) is 36.4 Å². The molecule has 1 aliphatic heterocycles. The lowest BCUT2D eigenvalue weighted by Crippen LogP contribution is -2.58. The first-order valence-electron chi connectivity index (χ1n) is 19.8. The van der Waals surface area contributed by atoms with E-state index in [0.29, 0.717) is 17.5 Å². The van der Waals surface area contributed by atoms with Gasteiger partial charge in [0.1, 0.15) is 8.07 Å². The summed E-state index contributed by atoms with van der Waals surface area (Å²) in [4.78, 5) is 18.2. The molecule has 0 saturated carbocycles. The van der Waals surface area contributed by atoms with Gasteiger partial charge in [0.25, 0.3) is 0 Å². The molecule has 4 nitrogen and oxygen atoms in total. The minimum Gasteiger partial charge on any atom is -0.310 e. The van der Waals surface area contributed by atoms with Crippen LogP contribution in [0.3, 0.4) is 0 Å². The minimum absolute atomic E-state index is 0.611. The van der Waals surface area contributed by atoms with Crippen LogP contribution >= 0.6 is 0 Å². The standard InChI is InChI=1S/C53H40N4Si/c1-58(2)48-32-17-15-30-46(48)57(47-31-16-18-33-49(47)58)45-35-34-41(50-42(37-20-7-3-8-21-37)28-19-29-43(50)38-22-9-4-10-23-38)36-44(45)53-55-51(39-24-11-5-12-25-39)54-52(56-53)40-26-13-6-14-27-40/h3-36H,1-2H3. The first-order valence-corrected chi connectivity index (χ1v) is 22.8. The van der Waals surface area contributed by atoms with Gasteiger partial charge in [-0.2, -0.15) is 0 Å². The highest BCUT2D eigenvalue weighted by atomic mass is 28.3. The van der Waals surface area contributed by atoms with Crippen molar-refractivity contribution in [2.75, 3.05) is 4.90 Å². The van der Waals surface area contributed by atoms with Crippen LogP contribution < -0.4 is 15.3 Å². The van der Waals surface area contributed by atoms with Gasteiger partial charge in [-0.25, -0.2) is 15.0 Å². The average Bonchev–Trinajstić information content (AvgIpc) is 3.30. The molecule has 10 rings (SSSR count). The summed E-state index contributed by atoms with van der Waals surface area (Å²) in [6, 6.07) is 73.2. The molecule has 2 heterocycles. The van der Waals surface area contributed by atoms with Crippen LogP contribution in [-0.4, -0.2) is 23.0 Å². The number of nitrogens with zero attached hydrogens (tertiary/aromatic N) is 4. The molecular formula is C53H40N4Si. The van der Waals surface area contributed by atoms with Crippen molar-refractivity contribution < 1.29 is 0 Å². The van der Waals surface area contributed by atoms with Crippen molar-refractivity contribution in [1.82, 2.24) is 15.0 Å². The molecule has 8 aromatic carbocycles. The molecule has 0 saturated heterocycles. The van der Waals surface area contributed by atoms with E-state index < -0.39 is 8.07 Å². The van der Waals surface area contributed by atoms with Crippen LogP contribution in [0, 0.1) is 0 Å². The summed E-state index contributed by atoms with van der Waals surface area (Å²) in [5.41, 5.74) is 13.1. The van der Waals surface area contributed by atoms with Crippen LogP contribution in [0.25, 0.3) is 67.5 Å². The monoisotopic (exact) mass is 760 g/mol. The largest absolute Gasteiger partial charge is 0.310 e. The summed E-state index contributed by atoms with van der Waals surface area (Å²) in [5.74, 6) is 1.87. The maximum atomic E-state index is 5.35. The highest BCUT2D eigenvalue weighted by Crippen LogP contribution is 2.47. The number of rotatable bonds is 7. The molecule has 0 unspecified atom stereocenters. The molecule has 9 aromatic rings. The Labute approximate surface area is 340 Å². The molecule has 0 radical (unpaired) electrons. The Morgan fingerprint density at radius 1 is 0.328 bits per heavy atom. The van der Waals surface area contributed by atoms with Gasteiger partial charge in [0.05, 0.1) is 5.69 Å². The fourth-order valence-corrected chi connectivity index (χ4v) is 11.5. The van der Waals surface area contributed by atoms with Crippen molar-refractivity contribution in [3.05, 3.63) is 206 Å². The van der Waals surface area contributed by atoms with Crippen LogP contribution in [-0.2, 0) is 0 Å².